The highest BCUT2D eigenvalue weighted by molar-refractivity contribution is 6.02. The summed E-state index contributed by atoms with van der Waals surface area (Å²) in [7, 11) is 0. The minimum Gasteiger partial charge on any atom is -0.372 e. The molecular weight excluding hydrogens is 338 g/mol. The third kappa shape index (κ3) is 4.56. The summed E-state index contributed by atoms with van der Waals surface area (Å²) in [5, 5.41) is 6.28. The summed E-state index contributed by atoms with van der Waals surface area (Å²) in [6.45, 7) is 2.23. The van der Waals surface area contributed by atoms with Gasteiger partial charge in [-0.15, -0.1) is 0 Å². The number of hydrogen-bond acceptors (Lipinski definition) is 5. The van der Waals surface area contributed by atoms with E-state index in [0.717, 1.165) is 24.6 Å². The van der Waals surface area contributed by atoms with Crippen LogP contribution in [0.3, 0.4) is 0 Å². The number of benzene rings is 1. The van der Waals surface area contributed by atoms with Gasteiger partial charge in [-0.3, -0.25) is 4.79 Å². The highest BCUT2D eigenvalue weighted by atomic mass is 16.1. The summed E-state index contributed by atoms with van der Waals surface area (Å²) in [6, 6.07) is 8.52. The fraction of sp³-hybridized carbons (Fsp3) is 0.476. The molecule has 0 atom stereocenters. The van der Waals surface area contributed by atoms with Crippen LogP contribution in [0.1, 0.15) is 55.4 Å². The maximum Gasteiger partial charge on any atom is 0.275 e. The average molecular weight is 365 g/mol. The van der Waals surface area contributed by atoms with E-state index in [0.29, 0.717) is 11.7 Å². The Balaban J connectivity index is 1.34. The van der Waals surface area contributed by atoms with Crippen LogP contribution in [-0.4, -0.2) is 35.0 Å². The van der Waals surface area contributed by atoms with Crippen molar-refractivity contribution in [3.63, 3.8) is 0 Å². The van der Waals surface area contributed by atoms with Crippen LogP contribution in [0, 0.1) is 0 Å². The van der Waals surface area contributed by atoms with Crippen LogP contribution >= 0.6 is 0 Å². The maximum atomic E-state index is 12.4. The number of anilines is 3. The number of carbonyl (C=O) groups is 1. The number of nitrogens with zero attached hydrogens (tertiary/aromatic N) is 3. The monoisotopic (exact) mass is 365 g/mol. The highest BCUT2D eigenvalue weighted by Gasteiger charge is 2.16. The minimum atomic E-state index is -0.236. The van der Waals surface area contributed by atoms with E-state index in [9.17, 15) is 4.79 Å². The zero-order chi connectivity index (χ0) is 18.5. The van der Waals surface area contributed by atoms with Gasteiger partial charge in [0.1, 0.15) is 11.5 Å². The maximum absolute atomic E-state index is 12.4. The van der Waals surface area contributed by atoms with Gasteiger partial charge < -0.3 is 15.5 Å². The van der Waals surface area contributed by atoms with Crippen molar-refractivity contribution >= 4 is 23.1 Å². The molecule has 0 radical (unpaired) electrons. The first-order valence-electron chi connectivity index (χ1n) is 10.0. The SMILES string of the molecule is O=C(Nc1ccc(N2CCCCC2)cc1)c1cnc(NC2CCCC2)cn1. The van der Waals surface area contributed by atoms with Gasteiger partial charge in [0.15, 0.2) is 0 Å². The molecule has 0 bridgehead atoms. The number of piperidine rings is 1. The van der Waals surface area contributed by atoms with Crippen molar-refractivity contribution < 1.29 is 4.79 Å². The molecule has 2 heterocycles. The third-order valence-electron chi connectivity index (χ3n) is 5.44. The van der Waals surface area contributed by atoms with E-state index in [-0.39, 0.29) is 5.91 Å². The minimum absolute atomic E-state index is 0.236. The van der Waals surface area contributed by atoms with Gasteiger partial charge in [-0.2, -0.15) is 0 Å². The third-order valence-corrected chi connectivity index (χ3v) is 5.44. The second-order valence-corrected chi connectivity index (χ2v) is 7.46. The first-order chi connectivity index (χ1) is 13.3. The molecule has 2 aromatic rings. The Bertz CT molecular complexity index is 747. The van der Waals surface area contributed by atoms with Crippen molar-refractivity contribution in [3.05, 3.63) is 42.4 Å². The molecule has 1 aromatic heterocycles. The van der Waals surface area contributed by atoms with Gasteiger partial charge in [-0.25, -0.2) is 9.97 Å². The lowest BCUT2D eigenvalue weighted by atomic mass is 10.1. The molecule has 1 saturated heterocycles. The fourth-order valence-electron chi connectivity index (χ4n) is 3.90. The first kappa shape index (κ1) is 17.8. The van der Waals surface area contributed by atoms with Gasteiger partial charge in [0, 0.05) is 30.5 Å². The van der Waals surface area contributed by atoms with Gasteiger partial charge in [-0.1, -0.05) is 12.8 Å². The van der Waals surface area contributed by atoms with E-state index < -0.39 is 0 Å². The molecule has 142 valence electrons. The predicted molar refractivity (Wildman–Crippen MR) is 108 cm³/mol. The fourth-order valence-corrected chi connectivity index (χ4v) is 3.90. The van der Waals surface area contributed by atoms with Gasteiger partial charge in [0.05, 0.1) is 12.4 Å². The van der Waals surface area contributed by atoms with E-state index in [4.69, 9.17) is 0 Å². The zero-order valence-electron chi connectivity index (χ0n) is 15.7. The first-order valence-corrected chi connectivity index (χ1v) is 10.0. The van der Waals surface area contributed by atoms with Gasteiger partial charge >= 0.3 is 0 Å². The second kappa shape index (κ2) is 8.37. The number of amides is 1. The molecule has 27 heavy (non-hydrogen) atoms. The van der Waals surface area contributed by atoms with Gasteiger partial charge in [0.2, 0.25) is 0 Å². The summed E-state index contributed by atoms with van der Waals surface area (Å²) < 4.78 is 0. The Labute approximate surface area is 160 Å². The lowest BCUT2D eigenvalue weighted by molar-refractivity contribution is 0.102. The predicted octanol–water partition coefficient (Wildman–Crippen LogP) is 4.07. The number of aromatic nitrogens is 2. The van der Waals surface area contributed by atoms with E-state index in [1.54, 1.807) is 6.20 Å². The summed E-state index contributed by atoms with van der Waals surface area (Å²) in [4.78, 5) is 23.4. The van der Waals surface area contributed by atoms with Crippen LogP contribution in [0.25, 0.3) is 0 Å². The van der Waals surface area contributed by atoms with Crippen LogP contribution in [-0.2, 0) is 0 Å². The van der Waals surface area contributed by atoms with Crippen molar-refractivity contribution in [2.24, 2.45) is 0 Å². The highest BCUT2D eigenvalue weighted by Crippen LogP contribution is 2.23. The number of hydrogen-bond donors (Lipinski definition) is 2. The molecule has 0 unspecified atom stereocenters. The van der Waals surface area contributed by atoms with Crippen LogP contribution in [0.4, 0.5) is 17.2 Å². The quantitative estimate of drug-likeness (QED) is 0.836. The topological polar surface area (TPSA) is 70.2 Å². The number of carbonyl (C=O) groups excluding carboxylic acids is 1. The molecule has 6 nitrogen and oxygen atoms in total. The average Bonchev–Trinajstić information content (AvgIpc) is 3.23. The normalized spacial score (nSPS) is 17.7. The summed E-state index contributed by atoms with van der Waals surface area (Å²) in [5.41, 5.74) is 2.32. The molecule has 1 aliphatic heterocycles. The van der Waals surface area contributed by atoms with Crippen LogP contribution in [0.5, 0.6) is 0 Å². The Morgan fingerprint density at radius 1 is 0.926 bits per heavy atom. The molecular formula is C21H27N5O. The Morgan fingerprint density at radius 2 is 1.67 bits per heavy atom. The Morgan fingerprint density at radius 3 is 2.33 bits per heavy atom. The van der Waals surface area contributed by atoms with Crippen molar-refractivity contribution in [1.29, 1.82) is 0 Å². The van der Waals surface area contributed by atoms with Crippen LogP contribution in [0.2, 0.25) is 0 Å². The molecule has 4 rings (SSSR count). The molecule has 2 aliphatic rings. The van der Waals surface area contributed by atoms with Gasteiger partial charge in [0.25, 0.3) is 5.91 Å². The molecule has 1 saturated carbocycles. The molecule has 1 aliphatic carbocycles. The van der Waals surface area contributed by atoms with E-state index >= 15 is 0 Å². The largest absolute Gasteiger partial charge is 0.372 e. The molecule has 0 spiro atoms. The van der Waals surface area contributed by atoms with E-state index in [1.807, 2.05) is 12.1 Å². The summed E-state index contributed by atoms with van der Waals surface area (Å²) >= 11 is 0. The van der Waals surface area contributed by atoms with E-state index in [1.165, 1.54) is 56.8 Å². The molecule has 2 fully saturated rings. The van der Waals surface area contributed by atoms with Crippen molar-refractivity contribution in [2.45, 2.75) is 51.0 Å². The van der Waals surface area contributed by atoms with Gasteiger partial charge in [-0.05, 0) is 56.4 Å². The van der Waals surface area contributed by atoms with Crippen LogP contribution in [0.15, 0.2) is 36.7 Å². The summed E-state index contributed by atoms with van der Waals surface area (Å²) in [6.07, 6.45) is 11.9. The van der Waals surface area contributed by atoms with Crippen LogP contribution < -0.4 is 15.5 Å². The standard InChI is InChI=1S/C21H27N5O/c27-21(19-14-23-20(15-22-19)24-16-6-2-3-7-16)25-17-8-10-18(11-9-17)26-12-4-1-5-13-26/h8-11,14-16H,1-7,12-13H2,(H,23,24)(H,25,27). The molecule has 6 heteroatoms. The molecule has 1 amide bonds. The lowest BCUT2D eigenvalue weighted by Gasteiger charge is -2.28. The lowest BCUT2D eigenvalue weighted by Crippen LogP contribution is -2.29. The van der Waals surface area contributed by atoms with E-state index in [2.05, 4.69) is 37.6 Å². The van der Waals surface area contributed by atoms with Crippen molar-refractivity contribution in [2.75, 3.05) is 28.6 Å². The number of nitrogens with one attached hydrogen (secondary N) is 2. The molecule has 2 N–H and O–H groups in total. The van der Waals surface area contributed by atoms with Crippen molar-refractivity contribution in [1.82, 2.24) is 9.97 Å². The number of rotatable bonds is 5. The second-order valence-electron chi connectivity index (χ2n) is 7.46. The van der Waals surface area contributed by atoms with Crippen molar-refractivity contribution in [3.8, 4) is 0 Å². The zero-order valence-corrected chi connectivity index (χ0v) is 15.7. The smallest absolute Gasteiger partial charge is 0.275 e. The Kier molecular flexibility index (Phi) is 5.51. The Hall–Kier alpha value is -2.63. The summed E-state index contributed by atoms with van der Waals surface area (Å²) in [5.74, 6) is 0.505. The molecule has 1 aromatic carbocycles.